The molecule has 0 aliphatic carbocycles. The number of amidine groups is 2. The van der Waals surface area contributed by atoms with Crippen molar-refractivity contribution in [3.8, 4) is 27.9 Å². The zero-order valence-electron chi connectivity index (χ0n) is 30.5. The molecule has 266 valence electrons. The number of nitrogens with two attached hydrogens (primary N) is 1. The predicted molar refractivity (Wildman–Crippen MR) is 233 cm³/mol. The van der Waals surface area contributed by atoms with Crippen molar-refractivity contribution in [2.75, 3.05) is 0 Å². The van der Waals surface area contributed by atoms with Crippen LogP contribution in [-0.2, 0) is 6.54 Å². The average Bonchev–Trinajstić information content (AvgIpc) is 3.81. The number of hydrogen-bond donors (Lipinski definition) is 1. The van der Waals surface area contributed by atoms with Crippen LogP contribution in [-0.4, -0.2) is 16.2 Å². The SMILES string of the molecule is NC(=NC(=NCc1ccc2c(c1)c1ccccc1n2-c1ccccc1)c1ccccc1)c1cccc2oc3c(-c4ccccc4)cc(-c4ccccc4)cc3c12. The Labute approximate surface area is 324 Å². The fourth-order valence-electron chi connectivity index (χ4n) is 7.86. The summed E-state index contributed by atoms with van der Waals surface area (Å²) in [4.78, 5) is 10.2. The molecule has 0 radical (unpaired) electrons. The molecule has 0 atom stereocenters. The Morgan fingerprint density at radius 1 is 0.536 bits per heavy atom. The van der Waals surface area contributed by atoms with Gasteiger partial charge in [-0.1, -0.05) is 146 Å². The Morgan fingerprint density at radius 3 is 1.96 bits per heavy atom. The normalized spacial score (nSPS) is 12.3. The quantitative estimate of drug-likeness (QED) is 0.132. The number of aromatic nitrogens is 1. The van der Waals surface area contributed by atoms with Crippen LogP contribution in [0.15, 0.2) is 209 Å². The first kappa shape index (κ1) is 33.1. The molecule has 10 rings (SSSR count). The van der Waals surface area contributed by atoms with Gasteiger partial charge in [-0.3, -0.25) is 4.99 Å². The van der Waals surface area contributed by atoms with Crippen LogP contribution in [0.2, 0.25) is 0 Å². The summed E-state index contributed by atoms with van der Waals surface area (Å²) >= 11 is 0. The van der Waals surface area contributed by atoms with Gasteiger partial charge in [0.2, 0.25) is 0 Å². The van der Waals surface area contributed by atoms with Crippen LogP contribution in [0.1, 0.15) is 16.7 Å². The Bertz CT molecular complexity index is 3090. The van der Waals surface area contributed by atoms with E-state index in [0.717, 1.165) is 72.1 Å². The second kappa shape index (κ2) is 14.0. The summed E-state index contributed by atoms with van der Waals surface area (Å²) in [6.45, 7) is 0.432. The van der Waals surface area contributed by atoms with Crippen LogP contribution in [0, 0.1) is 0 Å². The molecule has 8 aromatic carbocycles. The van der Waals surface area contributed by atoms with Gasteiger partial charge in [-0.15, -0.1) is 0 Å². The van der Waals surface area contributed by atoms with Gasteiger partial charge in [0.25, 0.3) is 0 Å². The van der Waals surface area contributed by atoms with E-state index in [2.05, 4.69) is 132 Å². The number of benzene rings is 8. The zero-order chi connectivity index (χ0) is 37.4. The minimum absolute atomic E-state index is 0.369. The number of aliphatic imine (C=N–C) groups is 2. The number of fused-ring (bicyclic) bond motifs is 6. The van der Waals surface area contributed by atoms with E-state index in [9.17, 15) is 0 Å². The van der Waals surface area contributed by atoms with Gasteiger partial charge in [0.05, 0.1) is 17.6 Å². The molecule has 2 N–H and O–H groups in total. The lowest BCUT2D eigenvalue weighted by Gasteiger charge is -2.09. The van der Waals surface area contributed by atoms with Crippen molar-refractivity contribution in [2.45, 2.75) is 6.54 Å². The second-order valence-electron chi connectivity index (χ2n) is 14.0. The van der Waals surface area contributed by atoms with Gasteiger partial charge in [0.15, 0.2) is 5.84 Å². The van der Waals surface area contributed by atoms with Crippen LogP contribution < -0.4 is 5.73 Å². The molecule has 0 fully saturated rings. The molecule has 0 saturated carbocycles. The van der Waals surface area contributed by atoms with E-state index < -0.39 is 0 Å². The van der Waals surface area contributed by atoms with E-state index in [1.54, 1.807) is 0 Å². The van der Waals surface area contributed by atoms with Gasteiger partial charge in [-0.05, 0) is 70.8 Å². The average molecular weight is 721 g/mol. The highest BCUT2D eigenvalue weighted by Crippen LogP contribution is 2.41. The third kappa shape index (κ3) is 5.92. The van der Waals surface area contributed by atoms with Gasteiger partial charge >= 0.3 is 0 Å². The van der Waals surface area contributed by atoms with Crippen LogP contribution in [0.5, 0.6) is 0 Å². The van der Waals surface area contributed by atoms with Crippen molar-refractivity contribution in [1.82, 2.24) is 4.57 Å². The molecular formula is C51H36N4O. The maximum Gasteiger partial charge on any atom is 0.157 e. The molecule has 5 nitrogen and oxygen atoms in total. The highest BCUT2D eigenvalue weighted by atomic mass is 16.3. The number of hydrogen-bond acceptors (Lipinski definition) is 2. The van der Waals surface area contributed by atoms with Crippen molar-refractivity contribution in [2.24, 2.45) is 15.7 Å². The maximum absolute atomic E-state index is 7.04. The van der Waals surface area contributed by atoms with E-state index in [1.807, 2.05) is 66.7 Å². The molecule has 2 heterocycles. The molecule has 0 aliphatic rings. The van der Waals surface area contributed by atoms with Crippen LogP contribution >= 0.6 is 0 Å². The van der Waals surface area contributed by atoms with Crippen LogP contribution in [0.25, 0.3) is 71.7 Å². The van der Waals surface area contributed by atoms with E-state index in [0.29, 0.717) is 18.2 Å². The Hall–Kier alpha value is -7.50. The predicted octanol–water partition coefficient (Wildman–Crippen LogP) is 12.4. The minimum atomic E-state index is 0.369. The smallest absolute Gasteiger partial charge is 0.157 e. The molecule has 0 aliphatic heterocycles. The molecule has 5 heteroatoms. The summed E-state index contributed by atoms with van der Waals surface area (Å²) in [5.41, 5.74) is 19.2. The Balaban J connectivity index is 1.10. The van der Waals surface area contributed by atoms with E-state index >= 15 is 0 Å². The summed E-state index contributed by atoms with van der Waals surface area (Å²) in [6.07, 6.45) is 0. The largest absolute Gasteiger partial charge is 0.455 e. The topological polar surface area (TPSA) is 68.8 Å². The van der Waals surface area contributed by atoms with Crippen LogP contribution in [0.3, 0.4) is 0 Å². The molecule has 0 saturated heterocycles. The number of furan rings is 1. The molecule has 0 bridgehead atoms. The Kier molecular flexibility index (Phi) is 8.30. The first-order valence-electron chi connectivity index (χ1n) is 18.8. The lowest BCUT2D eigenvalue weighted by atomic mass is 9.95. The molecule has 0 spiro atoms. The number of para-hydroxylation sites is 2. The van der Waals surface area contributed by atoms with Crippen molar-refractivity contribution in [1.29, 1.82) is 0 Å². The van der Waals surface area contributed by atoms with E-state index in [1.165, 1.54) is 16.3 Å². The molecule has 0 amide bonds. The molecule has 10 aromatic rings. The number of nitrogens with zero attached hydrogens (tertiary/aromatic N) is 3. The highest BCUT2D eigenvalue weighted by molar-refractivity contribution is 6.22. The standard InChI is InChI=1S/C51H36N4O/c52-50(41-25-15-27-47-48(41)44-32-38(35-16-5-1-6-17-35)31-42(49(44)56-47)36-18-7-2-8-19-36)54-51(37-20-9-3-10-21-37)53-33-34-28-29-46-43(30-34)40-24-13-14-26-45(40)55(46)39-22-11-4-12-23-39/h1-32H,33H2,(H2,52,53,54). The maximum atomic E-state index is 7.04. The summed E-state index contributed by atoms with van der Waals surface area (Å²) in [7, 11) is 0. The lowest BCUT2D eigenvalue weighted by Crippen LogP contribution is -2.17. The fourth-order valence-corrected chi connectivity index (χ4v) is 7.86. The second-order valence-corrected chi connectivity index (χ2v) is 14.0. The summed E-state index contributed by atoms with van der Waals surface area (Å²) in [5.74, 6) is 0.934. The third-order valence-electron chi connectivity index (χ3n) is 10.5. The van der Waals surface area contributed by atoms with Gasteiger partial charge in [-0.25, -0.2) is 4.99 Å². The summed E-state index contributed by atoms with van der Waals surface area (Å²) < 4.78 is 8.99. The van der Waals surface area contributed by atoms with Crippen molar-refractivity contribution in [3.63, 3.8) is 0 Å². The van der Waals surface area contributed by atoms with Crippen molar-refractivity contribution >= 4 is 55.4 Å². The van der Waals surface area contributed by atoms with E-state index in [-0.39, 0.29) is 0 Å². The van der Waals surface area contributed by atoms with E-state index in [4.69, 9.17) is 20.1 Å². The highest BCUT2D eigenvalue weighted by Gasteiger charge is 2.19. The first-order chi connectivity index (χ1) is 27.7. The lowest BCUT2D eigenvalue weighted by molar-refractivity contribution is 0.670. The summed E-state index contributed by atoms with van der Waals surface area (Å²) in [6, 6.07) is 67.0. The molecule has 2 aromatic heterocycles. The molecular weight excluding hydrogens is 685 g/mol. The van der Waals surface area contributed by atoms with Gasteiger partial charge < -0.3 is 14.7 Å². The van der Waals surface area contributed by atoms with Crippen molar-refractivity contribution in [3.05, 3.63) is 211 Å². The molecule has 0 unspecified atom stereocenters. The fraction of sp³-hybridized carbons (Fsp3) is 0.0196. The Morgan fingerprint density at radius 2 is 1.20 bits per heavy atom. The van der Waals surface area contributed by atoms with Crippen LogP contribution in [0.4, 0.5) is 0 Å². The number of rotatable bonds is 7. The van der Waals surface area contributed by atoms with Gasteiger partial charge in [0.1, 0.15) is 17.0 Å². The summed E-state index contributed by atoms with van der Waals surface area (Å²) in [5, 5.41) is 4.29. The minimum Gasteiger partial charge on any atom is -0.455 e. The molecule has 56 heavy (non-hydrogen) atoms. The third-order valence-corrected chi connectivity index (χ3v) is 10.5. The monoisotopic (exact) mass is 720 g/mol. The first-order valence-corrected chi connectivity index (χ1v) is 18.8. The zero-order valence-corrected chi connectivity index (χ0v) is 30.5. The van der Waals surface area contributed by atoms with Crippen molar-refractivity contribution < 1.29 is 4.42 Å². The van der Waals surface area contributed by atoms with Gasteiger partial charge in [-0.2, -0.15) is 0 Å². The van der Waals surface area contributed by atoms with Gasteiger partial charge in [0, 0.05) is 43.9 Å².